The normalized spacial score (nSPS) is 14.9. The number of esters is 1. The molecule has 0 bridgehead atoms. The summed E-state index contributed by atoms with van der Waals surface area (Å²) in [5, 5.41) is 3.10. The summed E-state index contributed by atoms with van der Waals surface area (Å²) in [6, 6.07) is 16.4. The van der Waals surface area contributed by atoms with Gasteiger partial charge in [-0.25, -0.2) is 4.79 Å². The highest BCUT2D eigenvalue weighted by atomic mass is 16.5. The number of rotatable bonds is 5. The molecule has 1 aliphatic rings. The minimum Gasteiger partial charge on any atom is -0.431 e. The molecule has 0 heterocycles. The van der Waals surface area contributed by atoms with Crippen molar-refractivity contribution in [2.45, 2.75) is 38.1 Å². The molecule has 4 heteroatoms. The smallest absolute Gasteiger partial charge is 0.342 e. The van der Waals surface area contributed by atoms with Gasteiger partial charge in [-0.05, 0) is 48.7 Å². The van der Waals surface area contributed by atoms with Gasteiger partial charge < -0.3 is 10.1 Å². The summed E-state index contributed by atoms with van der Waals surface area (Å²) in [5.41, 5.74) is 2.01. The Morgan fingerprint density at radius 3 is 2.27 bits per heavy atom. The van der Waals surface area contributed by atoms with Crippen molar-refractivity contribution in [2.75, 3.05) is 0 Å². The fourth-order valence-electron chi connectivity index (χ4n) is 3.08. The van der Waals surface area contributed by atoms with Crippen LogP contribution in [0.15, 0.2) is 60.9 Å². The minimum absolute atomic E-state index is 0.0251. The molecule has 0 aromatic heterocycles. The number of hydrogen-bond donors (Lipinski definition) is 1. The molecule has 1 N–H and O–H groups in total. The summed E-state index contributed by atoms with van der Waals surface area (Å²) < 4.78 is 5.11. The van der Waals surface area contributed by atoms with Gasteiger partial charge in [0.15, 0.2) is 0 Å². The van der Waals surface area contributed by atoms with Crippen LogP contribution in [0.1, 0.15) is 58.4 Å². The van der Waals surface area contributed by atoms with E-state index in [4.69, 9.17) is 4.74 Å². The Morgan fingerprint density at radius 1 is 0.885 bits per heavy atom. The first-order valence-corrected chi connectivity index (χ1v) is 9.06. The average Bonchev–Trinajstić information content (AvgIpc) is 2.70. The summed E-state index contributed by atoms with van der Waals surface area (Å²) in [6.07, 6.45) is 8.85. The molecule has 1 aliphatic carbocycles. The Kier molecular flexibility index (Phi) is 6.20. The van der Waals surface area contributed by atoms with E-state index in [1.807, 2.05) is 18.2 Å². The van der Waals surface area contributed by atoms with Crippen LogP contribution in [0, 0.1) is 0 Å². The molecule has 4 nitrogen and oxygen atoms in total. The van der Waals surface area contributed by atoms with Crippen molar-refractivity contribution in [3.8, 4) is 0 Å². The SMILES string of the molecule is O=C(NC1CCCCC1)c1ccc(/C=C/OC(=O)c2ccccc2)cc1. The molecule has 0 aliphatic heterocycles. The fourth-order valence-corrected chi connectivity index (χ4v) is 3.08. The molecule has 134 valence electrons. The number of carbonyl (C=O) groups excluding carboxylic acids is 2. The molecule has 0 radical (unpaired) electrons. The van der Waals surface area contributed by atoms with Crippen molar-refractivity contribution >= 4 is 18.0 Å². The van der Waals surface area contributed by atoms with Gasteiger partial charge in [-0.15, -0.1) is 0 Å². The molecule has 1 saturated carbocycles. The molecule has 1 amide bonds. The highest BCUT2D eigenvalue weighted by Crippen LogP contribution is 2.18. The Balaban J connectivity index is 1.52. The molecule has 1 fully saturated rings. The fraction of sp³-hybridized carbons (Fsp3) is 0.273. The van der Waals surface area contributed by atoms with E-state index in [2.05, 4.69) is 5.32 Å². The van der Waals surface area contributed by atoms with E-state index in [0.29, 0.717) is 17.2 Å². The number of amides is 1. The molecular formula is C22H23NO3. The van der Waals surface area contributed by atoms with Crippen LogP contribution in [0.5, 0.6) is 0 Å². The van der Waals surface area contributed by atoms with Gasteiger partial charge in [0.05, 0.1) is 11.8 Å². The van der Waals surface area contributed by atoms with Crippen LogP contribution in [0.4, 0.5) is 0 Å². The molecule has 0 spiro atoms. The van der Waals surface area contributed by atoms with Gasteiger partial charge in [0.25, 0.3) is 5.91 Å². The monoisotopic (exact) mass is 349 g/mol. The van der Waals surface area contributed by atoms with E-state index in [9.17, 15) is 9.59 Å². The maximum Gasteiger partial charge on any atom is 0.342 e. The van der Waals surface area contributed by atoms with Gasteiger partial charge in [0.2, 0.25) is 0 Å². The van der Waals surface area contributed by atoms with Gasteiger partial charge >= 0.3 is 5.97 Å². The number of hydrogen-bond acceptors (Lipinski definition) is 3. The predicted molar refractivity (Wildman–Crippen MR) is 102 cm³/mol. The van der Waals surface area contributed by atoms with Crippen LogP contribution < -0.4 is 5.32 Å². The zero-order chi connectivity index (χ0) is 18.2. The predicted octanol–water partition coefficient (Wildman–Crippen LogP) is 4.58. The number of benzene rings is 2. The topological polar surface area (TPSA) is 55.4 Å². The quantitative estimate of drug-likeness (QED) is 0.635. The van der Waals surface area contributed by atoms with Crippen molar-refractivity contribution in [3.05, 3.63) is 77.5 Å². The van der Waals surface area contributed by atoms with Crippen LogP contribution in [-0.2, 0) is 4.74 Å². The van der Waals surface area contributed by atoms with Gasteiger partial charge in [0.1, 0.15) is 0 Å². The van der Waals surface area contributed by atoms with E-state index in [0.717, 1.165) is 18.4 Å². The summed E-state index contributed by atoms with van der Waals surface area (Å²) in [6.45, 7) is 0. The lowest BCUT2D eigenvalue weighted by molar-refractivity contribution is 0.0665. The lowest BCUT2D eigenvalue weighted by atomic mass is 9.95. The van der Waals surface area contributed by atoms with E-state index >= 15 is 0 Å². The zero-order valence-corrected chi connectivity index (χ0v) is 14.7. The third kappa shape index (κ3) is 5.06. The highest BCUT2D eigenvalue weighted by molar-refractivity contribution is 5.94. The van der Waals surface area contributed by atoms with Crippen LogP contribution in [0.3, 0.4) is 0 Å². The Labute approximate surface area is 153 Å². The first-order valence-electron chi connectivity index (χ1n) is 9.06. The lowest BCUT2D eigenvalue weighted by Crippen LogP contribution is -2.36. The second kappa shape index (κ2) is 8.99. The van der Waals surface area contributed by atoms with Gasteiger partial charge in [-0.1, -0.05) is 49.6 Å². The first-order chi connectivity index (χ1) is 12.7. The van der Waals surface area contributed by atoms with Gasteiger partial charge in [0, 0.05) is 11.6 Å². The van der Waals surface area contributed by atoms with Crippen molar-refractivity contribution in [3.63, 3.8) is 0 Å². The average molecular weight is 349 g/mol. The van der Waals surface area contributed by atoms with Gasteiger partial charge in [-0.2, -0.15) is 0 Å². The summed E-state index contributed by atoms with van der Waals surface area (Å²) in [5.74, 6) is -0.423. The molecular weight excluding hydrogens is 326 g/mol. The summed E-state index contributed by atoms with van der Waals surface area (Å²) >= 11 is 0. The highest BCUT2D eigenvalue weighted by Gasteiger charge is 2.16. The molecule has 0 unspecified atom stereocenters. The molecule has 0 atom stereocenters. The van der Waals surface area contributed by atoms with Crippen LogP contribution in [0.2, 0.25) is 0 Å². The standard InChI is InChI=1S/C22H23NO3/c24-21(23-20-9-5-2-6-10-20)18-13-11-17(12-14-18)15-16-26-22(25)19-7-3-1-4-8-19/h1,3-4,7-8,11-16,20H,2,5-6,9-10H2,(H,23,24)/b16-15+. The molecule has 26 heavy (non-hydrogen) atoms. The third-order valence-electron chi connectivity index (χ3n) is 4.56. The molecule has 3 rings (SSSR count). The summed E-state index contributed by atoms with van der Waals surface area (Å²) in [7, 11) is 0. The van der Waals surface area contributed by atoms with Crippen molar-refractivity contribution in [1.29, 1.82) is 0 Å². The molecule has 0 saturated heterocycles. The molecule has 2 aromatic rings. The van der Waals surface area contributed by atoms with E-state index in [1.54, 1.807) is 42.5 Å². The Morgan fingerprint density at radius 2 is 1.58 bits per heavy atom. The van der Waals surface area contributed by atoms with Crippen LogP contribution >= 0.6 is 0 Å². The second-order valence-electron chi connectivity index (χ2n) is 6.50. The van der Waals surface area contributed by atoms with Crippen molar-refractivity contribution in [1.82, 2.24) is 5.32 Å². The van der Waals surface area contributed by atoms with Crippen molar-refractivity contribution in [2.24, 2.45) is 0 Å². The second-order valence-corrected chi connectivity index (χ2v) is 6.50. The first kappa shape index (κ1) is 17.9. The maximum atomic E-state index is 12.3. The third-order valence-corrected chi connectivity index (χ3v) is 4.56. The van der Waals surface area contributed by atoms with E-state index in [1.165, 1.54) is 25.5 Å². The van der Waals surface area contributed by atoms with Crippen molar-refractivity contribution < 1.29 is 14.3 Å². The minimum atomic E-state index is -0.398. The van der Waals surface area contributed by atoms with Crippen LogP contribution in [-0.4, -0.2) is 17.9 Å². The largest absolute Gasteiger partial charge is 0.431 e. The number of carbonyl (C=O) groups is 2. The maximum absolute atomic E-state index is 12.3. The number of nitrogens with one attached hydrogen (secondary N) is 1. The number of ether oxygens (including phenoxy) is 1. The van der Waals surface area contributed by atoms with Gasteiger partial charge in [-0.3, -0.25) is 4.79 Å². The van der Waals surface area contributed by atoms with E-state index < -0.39 is 5.97 Å². The molecule has 2 aromatic carbocycles. The Bertz CT molecular complexity index is 760. The van der Waals surface area contributed by atoms with E-state index in [-0.39, 0.29) is 5.91 Å². The lowest BCUT2D eigenvalue weighted by Gasteiger charge is -2.22. The summed E-state index contributed by atoms with van der Waals surface area (Å²) in [4.78, 5) is 24.1. The zero-order valence-electron chi connectivity index (χ0n) is 14.7. The van der Waals surface area contributed by atoms with Crippen LogP contribution in [0.25, 0.3) is 6.08 Å². The Hall–Kier alpha value is -2.88.